The van der Waals surface area contributed by atoms with E-state index in [9.17, 15) is 4.57 Å². The van der Waals surface area contributed by atoms with E-state index in [1.54, 1.807) is 28.1 Å². The van der Waals surface area contributed by atoms with Gasteiger partial charge in [-0.1, -0.05) is 13.8 Å². The van der Waals surface area contributed by atoms with Gasteiger partial charge in [0.25, 0.3) is 0 Å². The number of hydrogen-bond acceptors (Lipinski definition) is 7. The lowest BCUT2D eigenvalue weighted by atomic mass is 10.0. The lowest BCUT2D eigenvalue weighted by Gasteiger charge is -2.27. The quantitative estimate of drug-likeness (QED) is 0.630. The fourth-order valence-electron chi connectivity index (χ4n) is 2.39. The maximum atomic E-state index is 12.6. The SMILES string of the molecule is CCOP(=O)(CCC1N=C(OC)C(C(C)C)N=C1OC)OCC. The summed E-state index contributed by atoms with van der Waals surface area (Å²) in [6.07, 6.45) is 0.718. The van der Waals surface area contributed by atoms with Crippen LogP contribution in [0.15, 0.2) is 9.98 Å². The number of ether oxygens (including phenoxy) is 2. The molecule has 0 radical (unpaired) electrons. The molecule has 0 fully saturated rings. The van der Waals surface area contributed by atoms with Crippen molar-refractivity contribution in [1.82, 2.24) is 0 Å². The predicted molar refractivity (Wildman–Crippen MR) is 91.6 cm³/mol. The van der Waals surface area contributed by atoms with Crippen LogP contribution in [0, 0.1) is 5.92 Å². The van der Waals surface area contributed by atoms with Gasteiger partial charge in [-0.3, -0.25) is 4.57 Å². The van der Waals surface area contributed by atoms with Gasteiger partial charge in [0.05, 0.1) is 33.6 Å². The van der Waals surface area contributed by atoms with Gasteiger partial charge in [-0.05, 0) is 26.2 Å². The molecule has 0 aromatic rings. The number of rotatable bonds is 8. The van der Waals surface area contributed by atoms with E-state index in [-0.39, 0.29) is 24.2 Å². The van der Waals surface area contributed by atoms with Gasteiger partial charge < -0.3 is 18.5 Å². The van der Waals surface area contributed by atoms with E-state index in [4.69, 9.17) is 18.5 Å². The molecule has 0 aromatic heterocycles. The number of methoxy groups -OCH3 is 2. The van der Waals surface area contributed by atoms with E-state index in [1.165, 1.54) is 0 Å². The molecule has 1 aliphatic heterocycles. The van der Waals surface area contributed by atoms with Crippen LogP contribution >= 0.6 is 7.60 Å². The highest BCUT2D eigenvalue weighted by molar-refractivity contribution is 7.53. The summed E-state index contributed by atoms with van der Waals surface area (Å²) in [5.41, 5.74) is 0. The highest BCUT2D eigenvalue weighted by atomic mass is 31.2. The molecule has 1 heterocycles. The zero-order valence-corrected chi connectivity index (χ0v) is 15.8. The second-order valence-electron chi connectivity index (χ2n) is 5.51. The summed E-state index contributed by atoms with van der Waals surface area (Å²) in [7, 11) is 0.0517. The molecule has 0 spiro atoms. The molecule has 0 aromatic carbocycles. The van der Waals surface area contributed by atoms with E-state index >= 15 is 0 Å². The summed E-state index contributed by atoms with van der Waals surface area (Å²) < 4.78 is 33.9. The highest BCUT2D eigenvalue weighted by Gasteiger charge is 2.33. The Morgan fingerprint density at radius 1 is 1.04 bits per heavy atom. The fraction of sp³-hybridized carbons (Fsp3) is 0.867. The second-order valence-corrected chi connectivity index (χ2v) is 7.69. The Kier molecular flexibility index (Phi) is 8.23. The largest absolute Gasteiger partial charge is 0.483 e. The van der Waals surface area contributed by atoms with E-state index in [0.29, 0.717) is 31.4 Å². The third kappa shape index (κ3) is 5.59. The van der Waals surface area contributed by atoms with Crippen LogP contribution in [0.3, 0.4) is 0 Å². The molecule has 0 saturated carbocycles. The third-order valence-electron chi connectivity index (χ3n) is 3.47. The molecule has 2 atom stereocenters. The minimum atomic E-state index is -3.11. The van der Waals surface area contributed by atoms with Crippen LogP contribution in [-0.2, 0) is 23.1 Å². The molecule has 1 rings (SSSR count). The Hall–Kier alpha value is -0.910. The van der Waals surface area contributed by atoms with Crippen LogP contribution in [0.4, 0.5) is 0 Å². The molecule has 1 aliphatic rings. The molecule has 23 heavy (non-hydrogen) atoms. The summed E-state index contributed by atoms with van der Waals surface area (Å²) in [5, 5.41) is 0. The van der Waals surface area contributed by atoms with Crippen LogP contribution in [0.25, 0.3) is 0 Å². The maximum Gasteiger partial charge on any atom is 0.330 e. The monoisotopic (exact) mass is 348 g/mol. The standard InChI is InChI=1S/C15H29N2O5P/c1-7-21-23(18,22-8-2)10-9-12-14(19-5)17-13(11(3)4)15(16-12)20-6/h11-13H,7-10H2,1-6H3. The topological polar surface area (TPSA) is 78.7 Å². The van der Waals surface area contributed by atoms with Crippen molar-refractivity contribution in [2.45, 2.75) is 46.2 Å². The molecule has 0 amide bonds. The lowest BCUT2D eigenvalue weighted by molar-refractivity contribution is 0.219. The van der Waals surface area contributed by atoms with Gasteiger partial charge in [0.15, 0.2) is 0 Å². The number of nitrogens with zero attached hydrogens (tertiary/aromatic N) is 2. The summed E-state index contributed by atoms with van der Waals surface area (Å²) in [4.78, 5) is 9.18. The molecule has 2 unspecified atom stereocenters. The molecule has 0 N–H and O–H groups in total. The van der Waals surface area contributed by atoms with Gasteiger partial charge >= 0.3 is 7.60 Å². The summed E-state index contributed by atoms with van der Waals surface area (Å²) in [6.45, 7) is 8.37. The normalized spacial score (nSPS) is 21.9. The highest BCUT2D eigenvalue weighted by Crippen LogP contribution is 2.49. The Balaban J connectivity index is 2.87. The Morgan fingerprint density at radius 3 is 2.04 bits per heavy atom. The van der Waals surface area contributed by atoms with E-state index in [1.807, 2.05) is 0 Å². The van der Waals surface area contributed by atoms with Gasteiger partial charge in [0.1, 0.15) is 12.1 Å². The minimum absolute atomic E-state index is 0.156. The van der Waals surface area contributed by atoms with Gasteiger partial charge in [0, 0.05) is 0 Å². The molecular formula is C15H29N2O5P. The summed E-state index contributed by atoms with van der Waals surface area (Å²) >= 11 is 0. The fourth-order valence-corrected chi connectivity index (χ4v) is 4.07. The van der Waals surface area contributed by atoms with Crippen LogP contribution in [0.2, 0.25) is 0 Å². The second kappa shape index (κ2) is 9.40. The molecule has 0 aliphatic carbocycles. The Morgan fingerprint density at radius 2 is 1.61 bits per heavy atom. The van der Waals surface area contributed by atoms with Crippen molar-refractivity contribution in [3.8, 4) is 0 Å². The Labute approximate surface area is 139 Å². The average Bonchev–Trinajstić information content (AvgIpc) is 2.52. The number of hydrogen-bond donors (Lipinski definition) is 0. The predicted octanol–water partition coefficient (Wildman–Crippen LogP) is 3.14. The first-order valence-electron chi connectivity index (χ1n) is 8.02. The van der Waals surface area contributed by atoms with E-state index in [0.717, 1.165) is 0 Å². The van der Waals surface area contributed by atoms with Crippen molar-refractivity contribution in [1.29, 1.82) is 0 Å². The van der Waals surface area contributed by atoms with E-state index < -0.39 is 7.60 Å². The van der Waals surface area contributed by atoms with Gasteiger partial charge in [-0.25, -0.2) is 9.98 Å². The molecule has 0 bridgehead atoms. The summed E-state index contributed by atoms with van der Waals surface area (Å²) in [6, 6.07) is -0.490. The van der Waals surface area contributed by atoms with E-state index in [2.05, 4.69) is 23.8 Å². The molecule has 0 saturated heterocycles. The van der Waals surface area contributed by atoms with Crippen molar-refractivity contribution in [2.75, 3.05) is 33.6 Å². The first kappa shape index (κ1) is 20.1. The number of aliphatic imine (C=N–C) groups is 2. The third-order valence-corrected chi connectivity index (χ3v) is 5.57. The van der Waals surface area contributed by atoms with Crippen LogP contribution in [-0.4, -0.2) is 57.5 Å². The average molecular weight is 348 g/mol. The summed E-state index contributed by atoms with van der Waals surface area (Å²) in [5.74, 6) is 1.36. The zero-order valence-electron chi connectivity index (χ0n) is 14.9. The van der Waals surface area contributed by atoms with Crippen molar-refractivity contribution >= 4 is 19.4 Å². The van der Waals surface area contributed by atoms with Crippen molar-refractivity contribution < 1.29 is 23.1 Å². The molecule has 8 heteroatoms. The first-order valence-corrected chi connectivity index (χ1v) is 9.75. The van der Waals surface area contributed by atoms with Crippen LogP contribution in [0.5, 0.6) is 0 Å². The van der Waals surface area contributed by atoms with Crippen molar-refractivity contribution in [3.63, 3.8) is 0 Å². The van der Waals surface area contributed by atoms with Gasteiger partial charge in [-0.2, -0.15) is 0 Å². The van der Waals surface area contributed by atoms with Gasteiger partial charge in [0.2, 0.25) is 11.8 Å². The molecule has 7 nitrogen and oxygen atoms in total. The zero-order chi connectivity index (χ0) is 17.5. The van der Waals surface area contributed by atoms with Crippen molar-refractivity contribution in [2.24, 2.45) is 15.9 Å². The van der Waals surface area contributed by atoms with Crippen LogP contribution < -0.4 is 0 Å². The van der Waals surface area contributed by atoms with Crippen LogP contribution in [0.1, 0.15) is 34.1 Å². The maximum absolute atomic E-state index is 12.6. The smallest absolute Gasteiger partial charge is 0.330 e. The first-order chi connectivity index (χ1) is 10.9. The molecule has 134 valence electrons. The van der Waals surface area contributed by atoms with Crippen molar-refractivity contribution in [3.05, 3.63) is 0 Å². The minimum Gasteiger partial charge on any atom is -0.483 e. The Bertz CT molecular complexity index is 468. The van der Waals surface area contributed by atoms with Gasteiger partial charge in [-0.15, -0.1) is 0 Å². The lowest BCUT2D eigenvalue weighted by Crippen LogP contribution is -2.37. The molecular weight excluding hydrogens is 319 g/mol.